The molecular formula is C20H24N2. The summed E-state index contributed by atoms with van der Waals surface area (Å²) in [6, 6.07) is 21.8. The van der Waals surface area contributed by atoms with Crippen molar-refractivity contribution in [3.8, 4) is 0 Å². The van der Waals surface area contributed by atoms with Crippen LogP contribution in [-0.4, -0.2) is 30.6 Å². The molecule has 1 fully saturated rings. The van der Waals surface area contributed by atoms with E-state index in [2.05, 4.69) is 83.0 Å². The Balaban J connectivity index is 1.49. The lowest BCUT2D eigenvalue weighted by Gasteiger charge is -2.33. The second-order valence-corrected chi connectivity index (χ2v) is 5.92. The number of nitrogens with one attached hydrogen (secondary N) is 1. The molecule has 2 heteroatoms. The van der Waals surface area contributed by atoms with Gasteiger partial charge in [-0.1, -0.05) is 72.8 Å². The van der Waals surface area contributed by atoms with Gasteiger partial charge >= 0.3 is 0 Å². The second-order valence-electron chi connectivity index (χ2n) is 5.92. The Morgan fingerprint density at radius 1 is 1.00 bits per heavy atom. The Hall–Kier alpha value is -1.90. The Morgan fingerprint density at radius 3 is 2.50 bits per heavy atom. The van der Waals surface area contributed by atoms with Gasteiger partial charge in [0.05, 0.1) is 0 Å². The Bertz CT molecular complexity index is 577. The van der Waals surface area contributed by atoms with Gasteiger partial charge in [-0.3, -0.25) is 4.90 Å². The quantitative estimate of drug-likeness (QED) is 0.906. The third kappa shape index (κ3) is 4.55. The van der Waals surface area contributed by atoms with E-state index in [9.17, 15) is 0 Å². The van der Waals surface area contributed by atoms with Crippen LogP contribution in [0.2, 0.25) is 0 Å². The van der Waals surface area contributed by atoms with Gasteiger partial charge in [0.15, 0.2) is 0 Å². The summed E-state index contributed by atoms with van der Waals surface area (Å²) in [5.41, 5.74) is 2.68. The average molecular weight is 292 g/mol. The van der Waals surface area contributed by atoms with Crippen LogP contribution in [0.1, 0.15) is 17.5 Å². The maximum Gasteiger partial charge on any atom is 0.0234 e. The molecule has 2 aromatic rings. The van der Waals surface area contributed by atoms with E-state index >= 15 is 0 Å². The van der Waals surface area contributed by atoms with Gasteiger partial charge in [-0.05, 0) is 17.5 Å². The lowest BCUT2D eigenvalue weighted by atomic mass is 10.1. The van der Waals surface area contributed by atoms with E-state index in [1.807, 2.05) is 0 Å². The normalized spacial score (nSPS) is 19.5. The van der Waals surface area contributed by atoms with Crippen molar-refractivity contribution in [2.24, 2.45) is 0 Å². The SMILES string of the molecule is C(=C\c1ccccc1)/C[C@H]1CN(Cc2ccccc2)CCN1. The van der Waals surface area contributed by atoms with Gasteiger partial charge in [-0.25, -0.2) is 0 Å². The van der Waals surface area contributed by atoms with Gasteiger partial charge in [0.25, 0.3) is 0 Å². The predicted octanol–water partition coefficient (Wildman–Crippen LogP) is 3.56. The van der Waals surface area contributed by atoms with Crippen LogP contribution >= 0.6 is 0 Å². The fourth-order valence-corrected chi connectivity index (χ4v) is 2.97. The minimum absolute atomic E-state index is 0.553. The highest BCUT2D eigenvalue weighted by molar-refractivity contribution is 5.48. The molecule has 0 aliphatic carbocycles. The number of hydrogen-bond donors (Lipinski definition) is 1. The molecule has 1 saturated heterocycles. The lowest BCUT2D eigenvalue weighted by Crippen LogP contribution is -2.49. The van der Waals surface area contributed by atoms with Crippen LogP contribution in [0.15, 0.2) is 66.7 Å². The van der Waals surface area contributed by atoms with E-state index in [1.165, 1.54) is 11.1 Å². The topological polar surface area (TPSA) is 15.3 Å². The summed E-state index contributed by atoms with van der Waals surface area (Å²) >= 11 is 0. The molecule has 1 aliphatic heterocycles. The largest absolute Gasteiger partial charge is 0.311 e. The number of benzene rings is 2. The molecule has 1 N–H and O–H groups in total. The van der Waals surface area contributed by atoms with E-state index in [4.69, 9.17) is 0 Å². The van der Waals surface area contributed by atoms with Crippen molar-refractivity contribution in [2.45, 2.75) is 19.0 Å². The third-order valence-corrected chi connectivity index (χ3v) is 4.12. The molecule has 1 atom stereocenters. The van der Waals surface area contributed by atoms with Crippen LogP contribution in [-0.2, 0) is 6.54 Å². The van der Waals surface area contributed by atoms with E-state index in [1.54, 1.807) is 0 Å². The van der Waals surface area contributed by atoms with Crippen LogP contribution in [0.25, 0.3) is 6.08 Å². The number of piperazine rings is 1. The first-order valence-electron chi connectivity index (χ1n) is 8.11. The second kappa shape index (κ2) is 7.92. The van der Waals surface area contributed by atoms with E-state index in [-0.39, 0.29) is 0 Å². The molecule has 0 radical (unpaired) electrons. The molecule has 1 aliphatic rings. The van der Waals surface area contributed by atoms with Crippen LogP contribution < -0.4 is 5.32 Å². The minimum Gasteiger partial charge on any atom is -0.311 e. The number of hydrogen-bond acceptors (Lipinski definition) is 2. The van der Waals surface area contributed by atoms with Crippen molar-refractivity contribution >= 4 is 6.08 Å². The molecule has 1 heterocycles. The first-order chi connectivity index (χ1) is 10.9. The first kappa shape index (κ1) is 15.0. The highest BCUT2D eigenvalue weighted by Gasteiger charge is 2.17. The number of nitrogens with zero attached hydrogens (tertiary/aromatic N) is 1. The van der Waals surface area contributed by atoms with E-state index in [0.717, 1.165) is 32.6 Å². The summed E-state index contributed by atoms with van der Waals surface area (Å²) in [4.78, 5) is 2.55. The predicted molar refractivity (Wildman–Crippen MR) is 93.6 cm³/mol. The summed E-state index contributed by atoms with van der Waals surface area (Å²) in [5.74, 6) is 0. The molecule has 114 valence electrons. The molecule has 3 rings (SSSR count). The van der Waals surface area contributed by atoms with Crippen molar-refractivity contribution in [3.63, 3.8) is 0 Å². The molecule has 0 amide bonds. The van der Waals surface area contributed by atoms with Crippen LogP contribution in [0.5, 0.6) is 0 Å². The zero-order valence-electron chi connectivity index (χ0n) is 13.0. The highest BCUT2D eigenvalue weighted by Crippen LogP contribution is 2.10. The Kier molecular flexibility index (Phi) is 5.41. The van der Waals surface area contributed by atoms with Crippen molar-refractivity contribution < 1.29 is 0 Å². The Morgan fingerprint density at radius 2 is 1.73 bits per heavy atom. The van der Waals surface area contributed by atoms with Crippen LogP contribution in [0, 0.1) is 0 Å². The third-order valence-electron chi connectivity index (χ3n) is 4.12. The molecule has 0 spiro atoms. The first-order valence-corrected chi connectivity index (χ1v) is 8.11. The fourth-order valence-electron chi connectivity index (χ4n) is 2.97. The molecule has 0 unspecified atom stereocenters. The van der Waals surface area contributed by atoms with Crippen molar-refractivity contribution in [3.05, 3.63) is 77.9 Å². The summed E-state index contributed by atoms with van der Waals surface area (Å²) < 4.78 is 0. The lowest BCUT2D eigenvalue weighted by molar-refractivity contribution is 0.193. The van der Waals surface area contributed by atoms with Crippen LogP contribution in [0.4, 0.5) is 0 Å². The zero-order chi connectivity index (χ0) is 15.0. The summed E-state index contributed by atoms with van der Waals surface area (Å²) in [7, 11) is 0. The maximum absolute atomic E-state index is 3.63. The van der Waals surface area contributed by atoms with Gasteiger partial charge in [-0.15, -0.1) is 0 Å². The van der Waals surface area contributed by atoms with Crippen molar-refractivity contribution in [2.75, 3.05) is 19.6 Å². The minimum atomic E-state index is 0.553. The van der Waals surface area contributed by atoms with Gasteiger partial charge in [0, 0.05) is 32.2 Å². The molecule has 22 heavy (non-hydrogen) atoms. The van der Waals surface area contributed by atoms with Crippen LogP contribution in [0.3, 0.4) is 0 Å². The maximum atomic E-state index is 3.63. The monoisotopic (exact) mass is 292 g/mol. The van der Waals surface area contributed by atoms with Crippen molar-refractivity contribution in [1.82, 2.24) is 10.2 Å². The summed E-state index contributed by atoms with van der Waals surface area (Å²) in [5, 5.41) is 3.63. The molecule has 0 saturated carbocycles. The number of rotatable bonds is 5. The fraction of sp³-hybridized carbons (Fsp3) is 0.300. The molecule has 0 aromatic heterocycles. The smallest absolute Gasteiger partial charge is 0.0234 e. The van der Waals surface area contributed by atoms with Gasteiger partial charge < -0.3 is 5.32 Å². The van der Waals surface area contributed by atoms with Gasteiger partial charge in [-0.2, -0.15) is 0 Å². The Labute approximate surface area is 133 Å². The molecule has 0 bridgehead atoms. The van der Waals surface area contributed by atoms with Gasteiger partial charge in [0.1, 0.15) is 0 Å². The average Bonchev–Trinajstić information content (AvgIpc) is 2.57. The molecular weight excluding hydrogens is 268 g/mol. The summed E-state index contributed by atoms with van der Waals surface area (Å²) in [6.07, 6.45) is 5.59. The zero-order valence-corrected chi connectivity index (χ0v) is 13.0. The highest BCUT2D eigenvalue weighted by atomic mass is 15.2. The summed E-state index contributed by atoms with van der Waals surface area (Å²) in [6.45, 7) is 4.39. The molecule has 2 aromatic carbocycles. The standard InChI is InChI=1S/C20H24N2/c1-3-8-18(9-4-1)12-7-13-20-17-22(15-14-21-20)16-19-10-5-2-6-11-19/h1-12,20-21H,13-17H2/b12-7+/t20-/m0/s1. The molecule has 2 nitrogen and oxygen atoms in total. The van der Waals surface area contributed by atoms with Gasteiger partial charge in [0.2, 0.25) is 0 Å². The van der Waals surface area contributed by atoms with E-state index in [0.29, 0.717) is 6.04 Å². The van der Waals surface area contributed by atoms with Crippen molar-refractivity contribution in [1.29, 1.82) is 0 Å². The van der Waals surface area contributed by atoms with E-state index < -0.39 is 0 Å².